The number of amides is 1. The van der Waals surface area contributed by atoms with Crippen LogP contribution in [0.2, 0.25) is 0 Å². The first-order chi connectivity index (χ1) is 9.63. The van der Waals surface area contributed by atoms with Crippen LogP contribution in [-0.4, -0.2) is 36.6 Å². The largest absolute Gasteiger partial charge is 0.493 e. The Bertz CT molecular complexity index is 524. The van der Waals surface area contributed by atoms with Crippen LogP contribution in [0, 0.1) is 0 Å². The third-order valence-electron chi connectivity index (χ3n) is 3.03. The average Bonchev–Trinajstić information content (AvgIpc) is 3.27. The highest BCUT2D eigenvalue weighted by Crippen LogP contribution is 2.28. The number of nitrogens with zero attached hydrogens (tertiary/aromatic N) is 1. The van der Waals surface area contributed by atoms with Crippen LogP contribution in [0.4, 0.5) is 0 Å². The van der Waals surface area contributed by atoms with Crippen LogP contribution >= 0.6 is 0 Å². The molecule has 1 fully saturated rings. The zero-order chi connectivity index (χ0) is 14.5. The number of nitrogens with one attached hydrogen (secondary N) is 1. The number of carbonyl (C=O) groups excluding carboxylic acids is 1. The molecule has 6 nitrogen and oxygen atoms in total. The zero-order valence-electron chi connectivity index (χ0n) is 11.5. The molecule has 0 unspecified atom stereocenters. The number of methoxy groups -OCH3 is 1. The third kappa shape index (κ3) is 3.63. The van der Waals surface area contributed by atoms with Crippen LogP contribution < -0.4 is 14.8 Å². The van der Waals surface area contributed by atoms with Gasteiger partial charge in [0.15, 0.2) is 18.1 Å². The fourth-order valence-corrected chi connectivity index (χ4v) is 1.71. The van der Waals surface area contributed by atoms with Crippen LogP contribution in [0.5, 0.6) is 11.5 Å². The molecule has 0 spiro atoms. The van der Waals surface area contributed by atoms with Gasteiger partial charge in [-0.2, -0.15) is 0 Å². The lowest BCUT2D eigenvalue weighted by atomic mass is 10.1. The van der Waals surface area contributed by atoms with Crippen LogP contribution in [0.3, 0.4) is 0 Å². The van der Waals surface area contributed by atoms with Gasteiger partial charge >= 0.3 is 0 Å². The first-order valence-corrected chi connectivity index (χ1v) is 6.43. The molecule has 1 saturated carbocycles. The van der Waals surface area contributed by atoms with Crippen molar-refractivity contribution in [3.8, 4) is 11.5 Å². The first kappa shape index (κ1) is 14.2. The summed E-state index contributed by atoms with van der Waals surface area (Å²) < 4.78 is 10.7. The van der Waals surface area contributed by atoms with Gasteiger partial charge in [-0.3, -0.25) is 4.79 Å². The summed E-state index contributed by atoms with van der Waals surface area (Å²) in [6.07, 6.45) is 2.09. The molecule has 0 radical (unpaired) electrons. The quantitative estimate of drug-likeness (QED) is 0.470. The molecule has 108 valence electrons. The summed E-state index contributed by atoms with van der Waals surface area (Å²) in [4.78, 5) is 11.6. The average molecular weight is 278 g/mol. The highest BCUT2D eigenvalue weighted by atomic mass is 16.5. The van der Waals surface area contributed by atoms with E-state index >= 15 is 0 Å². The van der Waals surface area contributed by atoms with Crippen LogP contribution in [-0.2, 0) is 4.79 Å². The van der Waals surface area contributed by atoms with Gasteiger partial charge in [-0.05, 0) is 38.0 Å². The maximum absolute atomic E-state index is 11.6. The molecule has 1 aromatic rings. The molecule has 6 heteroatoms. The molecular formula is C14H18N2O4. The van der Waals surface area contributed by atoms with E-state index in [1.807, 2.05) is 0 Å². The molecule has 1 aromatic carbocycles. The van der Waals surface area contributed by atoms with Gasteiger partial charge in [0.25, 0.3) is 5.91 Å². The van der Waals surface area contributed by atoms with Gasteiger partial charge in [-0.25, -0.2) is 0 Å². The fraction of sp³-hybridized carbons (Fsp3) is 0.429. The van der Waals surface area contributed by atoms with E-state index in [-0.39, 0.29) is 12.5 Å². The standard InChI is InChI=1S/C14H18N2O4/c1-9(16-18)10-3-6-12(13(7-10)19-2)20-8-14(17)15-11-4-5-11/h3,6-7,11,18H,4-5,8H2,1-2H3,(H,15,17)/b16-9+. The number of carbonyl (C=O) groups is 1. The van der Waals surface area contributed by atoms with E-state index in [2.05, 4.69) is 10.5 Å². The minimum Gasteiger partial charge on any atom is -0.493 e. The zero-order valence-corrected chi connectivity index (χ0v) is 11.5. The Morgan fingerprint density at radius 3 is 2.80 bits per heavy atom. The Balaban J connectivity index is 2.01. The number of benzene rings is 1. The highest BCUT2D eigenvalue weighted by molar-refractivity contribution is 5.98. The van der Waals surface area contributed by atoms with Gasteiger partial charge in [-0.15, -0.1) is 0 Å². The molecule has 1 amide bonds. The highest BCUT2D eigenvalue weighted by Gasteiger charge is 2.23. The van der Waals surface area contributed by atoms with Crippen molar-refractivity contribution in [2.24, 2.45) is 5.16 Å². The van der Waals surface area contributed by atoms with Gasteiger partial charge in [0.2, 0.25) is 0 Å². The molecule has 1 aliphatic carbocycles. The molecule has 0 bridgehead atoms. The number of oxime groups is 1. The molecule has 1 aliphatic rings. The Morgan fingerprint density at radius 1 is 1.45 bits per heavy atom. The molecule has 0 atom stereocenters. The maximum atomic E-state index is 11.6. The smallest absolute Gasteiger partial charge is 0.258 e. The van der Waals surface area contributed by atoms with Crippen molar-refractivity contribution in [3.63, 3.8) is 0 Å². The lowest BCUT2D eigenvalue weighted by Gasteiger charge is -2.12. The second-order valence-corrected chi connectivity index (χ2v) is 4.68. The Morgan fingerprint density at radius 2 is 2.20 bits per heavy atom. The van der Waals surface area contributed by atoms with Gasteiger partial charge < -0.3 is 20.0 Å². The second kappa shape index (κ2) is 6.27. The van der Waals surface area contributed by atoms with Crippen molar-refractivity contribution in [1.82, 2.24) is 5.32 Å². The predicted octanol–water partition coefficient (Wildman–Crippen LogP) is 1.55. The van der Waals surface area contributed by atoms with E-state index in [4.69, 9.17) is 14.7 Å². The topological polar surface area (TPSA) is 80.2 Å². The van der Waals surface area contributed by atoms with E-state index in [9.17, 15) is 4.79 Å². The Hall–Kier alpha value is -2.24. The minimum absolute atomic E-state index is 0.0424. The van der Waals surface area contributed by atoms with Crippen LogP contribution in [0.25, 0.3) is 0 Å². The number of rotatable bonds is 6. The van der Waals surface area contributed by atoms with E-state index in [1.54, 1.807) is 25.1 Å². The SMILES string of the molecule is COc1cc(/C(C)=N/O)ccc1OCC(=O)NC1CC1. The third-order valence-corrected chi connectivity index (χ3v) is 3.03. The van der Waals surface area contributed by atoms with Crippen molar-refractivity contribution in [2.45, 2.75) is 25.8 Å². The second-order valence-electron chi connectivity index (χ2n) is 4.68. The predicted molar refractivity (Wildman–Crippen MR) is 73.7 cm³/mol. The van der Waals surface area contributed by atoms with Gasteiger partial charge in [0.05, 0.1) is 12.8 Å². The summed E-state index contributed by atoms with van der Waals surface area (Å²) in [5.74, 6) is 0.837. The molecule has 0 heterocycles. The molecule has 2 rings (SSSR count). The number of hydrogen-bond donors (Lipinski definition) is 2. The summed E-state index contributed by atoms with van der Waals surface area (Å²) >= 11 is 0. The lowest BCUT2D eigenvalue weighted by molar-refractivity contribution is -0.123. The monoisotopic (exact) mass is 278 g/mol. The number of ether oxygens (including phenoxy) is 2. The maximum Gasteiger partial charge on any atom is 0.258 e. The molecule has 20 heavy (non-hydrogen) atoms. The molecule has 0 aliphatic heterocycles. The van der Waals surface area contributed by atoms with E-state index in [0.29, 0.717) is 23.3 Å². The Kier molecular flexibility index (Phi) is 4.45. The minimum atomic E-state index is -0.133. The van der Waals surface area contributed by atoms with E-state index in [1.165, 1.54) is 7.11 Å². The van der Waals surface area contributed by atoms with Crippen molar-refractivity contribution in [3.05, 3.63) is 23.8 Å². The van der Waals surface area contributed by atoms with Crippen molar-refractivity contribution in [2.75, 3.05) is 13.7 Å². The summed E-state index contributed by atoms with van der Waals surface area (Å²) in [6, 6.07) is 5.45. The van der Waals surface area contributed by atoms with Gasteiger partial charge in [-0.1, -0.05) is 5.16 Å². The summed E-state index contributed by atoms with van der Waals surface area (Å²) in [6.45, 7) is 1.64. The fourth-order valence-electron chi connectivity index (χ4n) is 1.71. The molecule has 2 N–H and O–H groups in total. The van der Waals surface area contributed by atoms with Gasteiger partial charge in [0.1, 0.15) is 0 Å². The first-order valence-electron chi connectivity index (χ1n) is 6.43. The molecular weight excluding hydrogens is 260 g/mol. The number of hydrogen-bond acceptors (Lipinski definition) is 5. The van der Waals surface area contributed by atoms with Crippen molar-refractivity contribution >= 4 is 11.6 Å². The normalized spacial score (nSPS) is 14.8. The van der Waals surface area contributed by atoms with Crippen LogP contribution in [0.1, 0.15) is 25.3 Å². The van der Waals surface area contributed by atoms with E-state index in [0.717, 1.165) is 18.4 Å². The van der Waals surface area contributed by atoms with Crippen molar-refractivity contribution < 1.29 is 19.5 Å². The van der Waals surface area contributed by atoms with Crippen molar-refractivity contribution in [1.29, 1.82) is 0 Å². The summed E-state index contributed by atoms with van der Waals surface area (Å²) in [5, 5.41) is 14.7. The summed E-state index contributed by atoms with van der Waals surface area (Å²) in [7, 11) is 1.52. The van der Waals surface area contributed by atoms with E-state index < -0.39 is 0 Å². The van der Waals surface area contributed by atoms with Gasteiger partial charge in [0, 0.05) is 11.6 Å². The molecule has 0 aromatic heterocycles. The molecule has 0 saturated heterocycles. The lowest BCUT2D eigenvalue weighted by Crippen LogP contribution is -2.30. The van der Waals surface area contributed by atoms with Crippen LogP contribution in [0.15, 0.2) is 23.4 Å². The summed E-state index contributed by atoms with van der Waals surface area (Å²) in [5.41, 5.74) is 1.19. The Labute approximate surface area is 117 Å².